The molecule has 0 spiro atoms. The molecule has 0 saturated carbocycles. The van der Waals surface area contributed by atoms with E-state index in [2.05, 4.69) is 17.0 Å². The van der Waals surface area contributed by atoms with Crippen LogP contribution in [0.3, 0.4) is 0 Å². The molecule has 2 aromatic rings. The van der Waals surface area contributed by atoms with Crippen LogP contribution >= 0.6 is 0 Å². The van der Waals surface area contributed by atoms with Crippen LogP contribution in [-0.4, -0.2) is 70.3 Å². The molecule has 7 nitrogen and oxygen atoms in total. The molecule has 1 aliphatic heterocycles. The zero-order valence-corrected chi connectivity index (χ0v) is 19.6. The predicted molar refractivity (Wildman–Crippen MR) is 124 cm³/mol. The Morgan fingerprint density at radius 2 is 1.50 bits per heavy atom. The summed E-state index contributed by atoms with van der Waals surface area (Å²) in [6.45, 7) is 4.31. The minimum atomic E-state index is 0.185. The van der Waals surface area contributed by atoms with Crippen LogP contribution in [0.25, 0.3) is 0 Å². The van der Waals surface area contributed by atoms with Gasteiger partial charge in [0.25, 0.3) is 0 Å². The first kappa shape index (κ1) is 23.7. The molecule has 1 saturated heterocycles. The Morgan fingerprint density at radius 1 is 0.812 bits per heavy atom. The maximum atomic E-state index is 12.9. The van der Waals surface area contributed by atoms with E-state index < -0.39 is 0 Å². The van der Waals surface area contributed by atoms with Gasteiger partial charge in [-0.05, 0) is 48.2 Å². The molecule has 174 valence electrons. The molecule has 0 aromatic heterocycles. The third-order valence-corrected chi connectivity index (χ3v) is 5.86. The number of rotatable bonds is 9. The van der Waals surface area contributed by atoms with Crippen LogP contribution in [0, 0.1) is 0 Å². The zero-order valence-electron chi connectivity index (χ0n) is 19.6. The Morgan fingerprint density at radius 3 is 2.09 bits per heavy atom. The van der Waals surface area contributed by atoms with Crippen LogP contribution in [0.5, 0.6) is 23.0 Å². The molecule has 3 rings (SSSR count). The van der Waals surface area contributed by atoms with Gasteiger partial charge in [-0.2, -0.15) is 0 Å². The van der Waals surface area contributed by atoms with E-state index in [0.717, 1.165) is 50.5 Å². The van der Waals surface area contributed by atoms with Gasteiger partial charge in [0.05, 0.1) is 28.4 Å². The lowest BCUT2D eigenvalue weighted by atomic mass is 10.1. The second-order valence-corrected chi connectivity index (χ2v) is 7.89. The summed E-state index contributed by atoms with van der Waals surface area (Å²) in [4.78, 5) is 17.3. The maximum absolute atomic E-state index is 12.9. The average molecular weight is 443 g/mol. The van der Waals surface area contributed by atoms with Gasteiger partial charge in [0.2, 0.25) is 11.7 Å². The second-order valence-electron chi connectivity index (χ2n) is 7.89. The zero-order chi connectivity index (χ0) is 22.9. The average Bonchev–Trinajstić information content (AvgIpc) is 3.07. The van der Waals surface area contributed by atoms with E-state index in [-0.39, 0.29) is 5.91 Å². The molecule has 1 aliphatic rings. The Bertz CT molecular complexity index is 859. The molecule has 0 unspecified atom stereocenters. The largest absolute Gasteiger partial charge is 0.497 e. The van der Waals surface area contributed by atoms with Gasteiger partial charge in [-0.25, -0.2) is 0 Å². The fourth-order valence-corrected chi connectivity index (χ4v) is 4.06. The highest BCUT2D eigenvalue weighted by molar-refractivity contribution is 5.76. The number of nitrogens with zero attached hydrogens (tertiary/aromatic N) is 2. The third kappa shape index (κ3) is 6.07. The van der Waals surface area contributed by atoms with Crippen molar-refractivity contribution in [3.63, 3.8) is 0 Å². The fraction of sp³-hybridized carbons (Fsp3) is 0.480. The lowest BCUT2D eigenvalue weighted by Crippen LogP contribution is -2.35. The van der Waals surface area contributed by atoms with E-state index in [1.165, 1.54) is 5.56 Å². The fourth-order valence-electron chi connectivity index (χ4n) is 4.06. The van der Waals surface area contributed by atoms with E-state index >= 15 is 0 Å². The summed E-state index contributed by atoms with van der Waals surface area (Å²) in [6, 6.07) is 12.0. The molecule has 32 heavy (non-hydrogen) atoms. The maximum Gasteiger partial charge on any atom is 0.222 e. The minimum absolute atomic E-state index is 0.185. The smallest absolute Gasteiger partial charge is 0.222 e. The Hall–Kier alpha value is -2.93. The number of methoxy groups -OCH3 is 4. The van der Waals surface area contributed by atoms with Crippen LogP contribution in [0.4, 0.5) is 0 Å². The van der Waals surface area contributed by atoms with Crippen molar-refractivity contribution in [1.82, 2.24) is 9.80 Å². The number of hydrogen-bond donors (Lipinski definition) is 0. The van der Waals surface area contributed by atoms with Gasteiger partial charge >= 0.3 is 0 Å². The molecular formula is C25H34N2O5. The monoisotopic (exact) mass is 442 g/mol. The van der Waals surface area contributed by atoms with Crippen LogP contribution in [0.1, 0.15) is 24.0 Å². The van der Waals surface area contributed by atoms with E-state index in [9.17, 15) is 4.79 Å². The number of carbonyl (C=O) groups is 1. The first-order chi connectivity index (χ1) is 15.6. The van der Waals surface area contributed by atoms with Crippen LogP contribution in [-0.2, 0) is 17.8 Å². The van der Waals surface area contributed by atoms with Crippen molar-refractivity contribution in [3.05, 3.63) is 47.5 Å². The van der Waals surface area contributed by atoms with Crippen molar-refractivity contribution in [2.75, 3.05) is 54.6 Å². The summed E-state index contributed by atoms with van der Waals surface area (Å²) in [5.41, 5.74) is 2.25. The van der Waals surface area contributed by atoms with Gasteiger partial charge in [-0.15, -0.1) is 0 Å². The first-order valence-corrected chi connectivity index (χ1v) is 11.0. The molecule has 0 radical (unpaired) electrons. The summed E-state index contributed by atoms with van der Waals surface area (Å²) in [7, 11) is 6.46. The van der Waals surface area contributed by atoms with Gasteiger partial charge in [0, 0.05) is 39.1 Å². The summed E-state index contributed by atoms with van der Waals surface area (Å²) in [5.74, 6) is 2.84. The second kappa shape index (κ2) is 11.6. The Balaban J connectivity index is 1.53. The molecule has 1 amide bonds. The predicted octanol–water partition coefficient (Wildman–Crippen LogP) is 3.39. The molecule has 7 heteroatoms. The van der Waals surface area contributed by atoms with Crippen LogP contribution < -0.4 is 18.9 Å². The van der Waals surface area contributed by atoms with Crippen molar-refractivity contribution < 1.29 is 23.7 Å². The van der Waals surface area contributed by atoms with Crippen molar-refractivity contribution in [1.29, 1.82) is 0 Å². The summed E-state index contributed by atoms with van der Waals surface area (Å²) in [6.07, 6.45) is 2.06. The van der Waals surface area contributed by atoms with Crippen LogP contribution in [0.15, 0.2) is 36.4 Å². The van der Waals surface area contributed by atoms with Gasteiger partial charge in [0.15, 0.2) is 11.5 Å². The number of carbonyl (C=O) groups excluding carboxylic acids is 1. The summed E-state index contributed by atoms with van der Waals surface area (Å²) in [5, 5.41) is 0. The SMILES string of the molecule is COc1ccc(CN2CCCN(C(=O)CCc3cc(OC)c(OC)c(OC)c3)CC2)cc1. The normalized spacial score (nSPS) is 14.6. The number of amides is 1. The van der Waals surface area contributed by atoms with Crippen molar-refractivity contribution in [2.45, 2.75) is 25.8 Å². The molecule has 1 heterocycles. The van der Waals surface area contributed by atoms with Gasteiger partial charge < -0.3 is 23.8 Å². The molecule has 1 fully saturated rings. The molecule has 0 aliphatic carbocycles. The summed E-state index contributed by atoms with van der Waals surface area (Å²) < 4.78 is 21.4. The number of ether oxygens (including phenoxy) is 4. The highest BCUT2D eigenvalue weighted by Crippen LogP contribution is 2.38. The van der Waals surface area contributed by atoms with Crippen molar-refractivity contribution >= 4 is 5.91 Å². The number of benzene rings is 2. The van der Waals surface area contributed by atoms with Crippen LogP contribution in [0.2, 0.25) is 0 Å². The van der Waals surface area contributed by atoms with Crippen molar-refractivity contribution in [2.24, 2.45) is 0 Å². The Labute approximate surface area is 190 Å². The highest BCUT2D eigenvalue weighted by Gasteiger charge is 2.20. The third-order valence-electron chi connectivity index (χ3n) is 5.86. The molecule has 0 N–H and O–H groups in total. The molecular weight excluding hydrogens is 408 g/mol. The van der Waals surface area contributed by atoms with E-state index in [4.69, 9.17) is 18.9 Å². The lowest BCUT2D eigenvalue weighted by molar-refractivity contribution is -0.131. The number of aryl methyl sites for hydroxylation is 1. The van der Waals surface area contributed by atoms with Gasteiger partial charge in [0.1, 0.15) is 5.75 Å². The van der Waals surface area contributed by atoms with E-state index in [1.54, 1.807) is 28.4 Å². The molecule has 0 atom stereocenters. The number of hydrogen-bond acceptors (Lipinski definition) is 6. The van der Waals surface area contributed by atoms with E-state index in [1.807, 2.05) is 29.2 Å². The Kier molecular flexibility index (Phi) is 8.62. The molecule has 0 bridgehead atoms. The topological polar surface area (TPSA) is 60.5 Å². The van der Waals surface area contributed by atoms with E-state index in [0.29, 0.717) is 30.1 Å². The van der Waals surface area contributed by atoms with Gasteiger partial charge in [-0.3, -0.25) is 9.69 Å². The molecule has 2 aromatic carbocycles. The van der Waals surface area contributed by atoms with Crippen molar-refractivity contribution in [3.8, 4) is 23.0 Å². The lowest BCUT2D eigenvalue weighted by Gasteiger charge is -2.22. The standard InChI is InChI=1S/C25H34N2O5/c1-29-21-9-6-19(7-10-21)18-26-12-5-13-27(15-14-26)24(28)11-8-20-16-22(30-2)25(32-4)23(17-20)31-3/h6-7,9-10,16-17H,5,8,11-15,18H2,1-4H3. The minimum Gasteiger partial charge on any atom is -0.497 e. The van der Waals surface area contributed by atoms with Gasteiger partial charge in [-0.1, -0.05) is 12.1 Å². The summed E-state index contributed by atoms with van der Waals surface area (Å²) >= 11 is 0. The quantitative estimate of drug-likeness (QED) is 0.593. The first-order valence-electron chi connectivity index (χ1n) is 11.0. The highest BCUT2D eigenvalue weighted by atomic mass is 16.5.